The highest BCUT2D eigenvalue weighted by atomic mass is 16.6. The predicted octanol–water partition coefficient (Wildman–Crippen LogP) is 2.94. The quantitative estimate of drug-likeness (QED) is 0.914. The molecule has 5 nitrogen and oxygen atoms in total. The zero-order valence-corrected chi connectivity index (χ0v) is 13.9. The molecular formula is C20H21NO4. The Bertz CT molecular complexity index is 776. The van der Waals surface area contributed by atoms with Gasteiger partial charge in [-0.25, -0.2) is 0 Å². The van der Waals surface area contributed by atoms with Crippen molar-refractivity contribution in [1.82, 2.24) is 4.90 Å². The average molecular weight is 339 g/mol. The van der Waals surface area contributed by atoms with Crippen molar-refractivity contribution in [3.8, 4) is 17.2 Å². The van der Waals surface area contributed by atoms with E-state index in [0.717, 1.165) is 24.9 Å². The van der Waals surface area contributed by atoms with Crippen LogP contribution in [-0.2, 0) is 4.79 Å². The van der Waals surface area contributed by atoms with Gasteiger partial charge in [-0.2, -0.15) is 0 Å². The number of rotatable bonds is 2. The molecule has 1 fully saturated rings. The Morgan fingerprint density at radius 2 is 1.96 bits per heavy atom. The summed E-state index contributed by atoms with van der Waals surface area (Å²) in [6, 6.07) is 14.7. The standard InChI is InChI=1S/C20H21NO4/c22-16-7-3-5-14(11-16)15-6-4-10-21(12-15)20(23)19-13-24-17-8-1-2-9-18(17)25-19/h1-3,5,7-9,11,15,19,22H,4,6,10,12-13H2/t15-,19-/m1/s1. The van der Waals surface area contributed by atoms with Gasteiger partial charge in [0.1, 0.15) is 12.4 Å². The van der Waals surface area contributed by atoms with Gasteiger partial charge in [0.2, 0.25) is 6.10 Å². The van der Waals surface area contributed by atoms with Gasteiger partial charge >= 0.3 is 0 Å². The normalized spacial score (nSPS) is 22.5. The van der Waals surface area contributed by atoms with E-state index in [0.29, 0.717) is 18.0 Å². The maximum absolute atomic E-state index is 12.9. The monoisotopic (exact) mass is 339 g/mol. The van der Waals surface area contributed by atoms with Crippen molar-refractivity contribution in [3.05, 3.63) is 54.1 Å². The van der Waals surface area contributed by atoms with E-state index < -0.39 is 6.10 Å². The number of aromatic hydroxyl groups is 1. The Hall–Kier alpha value is -2.69. The minimum absolute atomic E-state index is 0.0284. The fraction of sp³-hybridized carbons (Fsp3) is 0.350. The largest absolute Gasteiger partial charge is 0.508 e. The third-order valence-electron chi connectivity index (χ3n) is 4.86. The first kappa shape index (κ1) is 15.8. The second-order valence-electron chi connectivity index (χ2n) is 6.58. The molecule has 25 heavy (non-hydrogen) atoms. The van der Waals surface area contributed by atoms with E-state index in [2.05, 4.69) is 0 Å². The minimum Gasteiger partial charge on any atom is -0.508 e. The van der Waals surface area contributed by atoms with Crippen LogP contribution in [0.3, 0.4) is 0 Å². The van der Waals surface area contributed by atoms with Crippen LogP contribution in [0.1, 0.15) is 24.3 Å². The Morgan fingerprint density at radius 1 is 1.12 bits per heavy atom. The van der Waals surface area contributed by atoms with Crippen LogP contribution >= 0.6 is 0 Å². The van der Waals surface area contributed by atoms with Gasteiger partial charge < -0.3 is 19.5 Å². The molecule has 2 atom stereocenters. The third kappa shape index (κ3) is 3.27. The second kappa shape index (κ2) is 6.67. The molecule has 0 radical (unpaired) electrons. The van der Waals surface area contributed by atoms with Crippen LogP contribution < -0.4 is 9.47 Å². The van der Waals surface area contributed by atoms with E-state index in [1.807, 2.05) is 41.3 Å². The first-order valence-corrected chi connectivity index (χ1v) is 8.67. The topological polar surface area (TPSA) is 59.0 Å². The van der Waals surface area contributed by atoms with Crippen LogP contribution in [0.5, 0.6) is 17.2 Å². The summed E-state index contributed by atoms with van der Waals surface area (Å²) in [4.78, 5) is 14.7. The van der Waals surface area contributed by atoms with Gasteiger partial charge in [0.25, 0.3) is 5.91 Å². The molecule has 1 saturated heterocycles. The molecule has 2 aliphatic rings. The van der Waals surface area contributed by atoms with Crippen LogP contribution in [0.2, 0.25) is 0 Å². The smallest absolute Gasteiger partial charge is 0.267 e. The Balaban J connectivity index is 1.45. The number of hydrogen-bond acceptors (Lipinski definition) is 4. The average Bonchev–Trinajstić information content (AvgIpc) is 2.67. The Kier molecular flexibility index (Phi) is 4.22. The summed E-state index contributed by atoms with van der Waals surface area (Å²) in [7, 11) is 0. The lowest BCUT2D eigenvalue weighted by Gasteiger charge is -2.36. The summed E-state index contributed by atoms with van der Waals surface area (Å²) in [6.07, 6.45) is 1.35. The maximum Gasteiger partial charge on any atom is 0.267 e. The second-order valence-corrected chi connectivity index (χ2v) is 6.58. The number of nitrogens with zero attached hydrogens (tertiary/aromatic N) is 1. The Labute approximate surface area is 146 Å². The lowest BCUT2D eigenvalue weighted by molar-refractivity contribution is -0.142. The SMILES string of the molecule is O=C([C@H]1COc2ccccc2O1)N1CCC[C@@H](c2cccc(O)c2)C1. The number of para-hydroxylation sites is 2. The lowest BCUT2D eigenvalue weighted by Crippen LogP contribution is -2.49. The number of ether oxygens (including phenoxy) is 2. The number of likely N-dealkylation sites (tertiary alicyclic amines) is 1. The van der Waals surface area contributed by atoms with Gasteiger partial charge in [0, 0.05) is 19.0 Å². The van der Waals surface area contributed by atoms with E-state index >= 15 is 0 Å². The molecular weight excluding hydrogens is 318 g/mol. The molecule has 0 spiro atoms. The molecule has 5 heteroatoms. The molecule has 0 aliphatic carbocycles. The number of carbonyl (C=O) groups is 1. The van der Waals surface area contributed by atoms with E-state index in [1.165, 1.54) is 0 Å². The number of fused-ring (bicyclic) bond motifs is 1. The highest BCUT2D eigenvalue weighted by Gasteiger charge is 2.33. The number of carbonyl (C=O) groups excluding carboxylic acids is 1. The summed E-state index contributed by atoms with van der Waals surface area (Å²) in [5, 5.41) is 9.70. The zero-order chi connectivity index (χ0) is 17.2. The number of piperidine rings is 1. The number of phenolic OH excluding ortho intramolecular Hbond substituents is 1. The highest BCUT2D eigenvalue weighted by Crippen LogP contribution is 2.33. The summed E-state index contributed by atoms with van der Waals surface area (Å²) < 4.78 is 11.5. The van der Waals surface area contributed by atoms with Gasteiger partial charge in [0.15, 0.2) is 11.5 Å². The molecule has 2 aliphatic heterocycles. The summed E-state index contributed by atoms with van der Waals surface area (Å²) in [6.45, 7) is 1.61. The van der Waals surface area contributed by atoms with Crippen molar-refractivity contribution in [2.75, 3.05) is 19.7 Å². The number of benzene rings is 2. The van der Waals surface area contributed by atoms with Crippen molar-refractivity contribution in [3.63, 3.8) is 0 Å². The fourth-order valence-corrected chi connectivity index (χ4v) is 3.57. The number of amides is 1. The highest BCUT2D eigenvalue weighted by molar-refractivity contribution is 5.82. The van der Waals surface area contributed by atoms with Gasteiger partial charge in [-0.05, 0) is 42.7 Å². The van der Waals surface area contributed by atoms with Crippen LogP contribution in [-0.4, -0.2) is 41.7 Å². The minimum atomic E-state index is -0.599. The van der Waals surface area contributed by atoms with Gasteiger partial charge in [-0.3, -0.25) is 4.79 Å². The molecule has 2 aromatic rings. The Morgan fingerprint density at radius 3 is 2.80 bits per heavy atom. The predicted molar refractivity (Wildman–Crippen MR) is 93.0 cm³/mol. The molecule has 0 aromatic heterocycles. The lowest BCUT2D eigenvalue weighted by atomic mass is 9.90. The van der Waals surface area contributed by atoms with Crippen molar-refractivity contribution in [1.29, 1.82) is 0 Å². The van der Waals surface area contributed by atoms with Gasteiger partial charge in [-0.1, -0.05) is 24.3 Å². The first-order chi connectivity index (χ1) is 12.2. The van der Waals surface area contributed by atoms with Crippen LogP contribution in [0.15, 0.2) is 48.5 Å². The van der Waals surface area contributed by atoms with E-state index in [1.54, 1.807) is 12.1 Å². The van der Waals surface area contributed by atoms with E-state index in [-0.39, 0.29) is 24.2 Å². The maximum atomic E-state index is 12.9. The summed E-state index contributed by atoms with van der Waals surface area (Å²) >= 11 is 0. The van der Waals surface area contributed by atoms with Crippen molar-refractivity contribution in [2.24, 2.45) is 0 Å². The van der Waals surface area contributed by atoms with Crippen molar-refractivity contribution >= 4 is 5.91 Å². The van der Waals surface area contributed by atoms with E-state index in [4.69, 9.17) is 9.47 Å². The van der Waals surface area contributed by atoms with Crippen LogP contribution in [0.4, 0.5) is 0 Å². The first-order valence-electron chi connectivity index (χ1n) is 8.67. The molecule has 1 N–H and O–H groups in total. The molecule has 2 aromatic carbocycles. The van der Waals surface area contributed by atoms with Crippen molar-refractivity contribution < 1.29 is 19.4 Å². The van der Waals surface area contributed by atoms with Crippen LogP contribution in [0.25, 0.3) is 0 Å². The zero-order valence-electron chi connectivity index (χ0n) is 13.9. The number of hydrogen-bond donors (Lipinski definition) is 1. The molecule has 0 unspecified atom stereocenters. The molecule has 0 saturated carbocycles. The fourth-order valence-electron chi connectivity index (χ4n) is 3.57. The summed E-state index contributed by atoms with van der Waals surface area (Å²) in [5.41, 5.74) is 1.07. The van der Waals surface area contributed by atoms with E-state index in [9.17, 15) is 9.90 Å². The molecule has 130 valence electrons. The molecule has 0 bridgehead atoms. The number of phenols is 1. The van der Waals surface area contributed by atoms with Gasteiger partial charge in [0.05, 0.1) is 0 Å². The van der Waals surface area contributed by atoms with Crippen LogP contribution in [0, 0.1) is 0 Å². The van der Waals surface area contributed by atoms with Crippen molar-refractivity contribution in [2.45, 2.75) is 24.9 Å². The summed E-state index contributed by atoms with van der Waals surface area (Å²) in [5.74, 6) is 1.78. The third-order valence-corrected chi connectivity index (χ3v) is 4.86. The van der Waals surface area contributed by atoms with Gasteiger partial charge in [-0.15, -0.1) is 0 Å². The molecule has 2 heterocycles. The molecule has 1 amide bonds. The molecule has 4 rings (SSSR count).